The molecule has 1 amide bonds. The topological polar surface area (TPSA) is 58.6 Å². The van der Waals surface area contributed by atoms with E-state index in [4.69, 9.17) is 4.74 Å². The van der Waals surface area contributed by atoms with Crippen LogP contribution in [0.25, 0.3) is 10.8 Å². The number of aliphatic hydroxyl groups excluding tert-OH is 1. The number of hydrogen-bond acceptors (Lipinski definition) is 3. The van der Waals surface area contributed by atoms with Gasteiger partial charge in [-0.15, -0.1) is 0 Å². The van der Waals surface area contributed by atoms with Gasteiger partial charge in [0, 0.05) is 13.0 Å². The first-order chi connectivity index (χ1) is 12.7. The summed E-state index contributed by atoms with van der Waals surface area (Å²) in [5.74, 6) is 0.797. The summed E-state index contributed by atoms with van der Waals surface area (Å²) in [6, 6.07) is 19.7. The average Bonchev–Trinajstić information content (AvgIpc) is 3.14. The van der Waals surface area contributed by atoms with Crippen molar-refractivity contribution in [1.29, 1.82) is 0 Å². The molecule has 26 heavy (non-hydrogen) atoms. The average molecular weight is 347 g/mol. The Balaban J connectivity index is 1.39. The fraction of sp³-hybridized carbons (Fsp3) is 0.227. The molecule has 0 fully saturated rings. The van der Waals surface area contributed by atoms with Gasteiger partial charge < -0.3 is 15.2 Å². The molecule has 1 aliphatic rings. The SMILES string of the molecule is O=C(Cc1cccc2ccccc12)NC[C@H](O)c1ccc2c(c1)CCO2. The third-order valence-electron chi connectivity index (χ3n) is 4.82. The van der Waals surface area contributed by atoms with E-state index in [2.05, 4.69) is 5.32 Å². The fourth-order valence-corrected chi connectivity index (χ4v) is 3.42. The molecule has 1 atom stereocenters. The maximum atomic E-state index is 12.3. The first-order valence-corrected chi connectivity index (χ1v) is 8.88. The molecule has 1 aliphatic heterocycles. The van der Waals surface area contributed by atoms with Crippen LogP contribution in [0.3, 0.4) is 0 Å². The van der Waals surface area contributed by atoms with E-state index in [0.29, 0.717) is 13.0 Å². The predicted molar refractivity (Wildman–Crippen MR) is 101 cm³/mol. The van der Waals surface area contributed by atoms with Crippen LogP contribution in [0, 0.1) is 0 Å². The summed E-state index contributed by atoms with van der Waals surface area (Å²) in [5, 5.41) is 15.4. The van der Waals surface area contributed by atoms with Crippen LogP contribution < -0.4 is 10.1 Å². The molecule has 0 unspecified atom stereocenters. The van der Waals surface area contributed by atoms with Crippen molar-refractivity contribution >= 4 is 16.7 Å². The van der Waals surface area contributed by atoms with Crippen LogP contribution in [-0.4, -0.2) is 24.2 Å². The van der Waals surface area contributed by atoms with Crippen LogP contribution in [-0.2, 0) is 17.6 Å². The highest BCUT2D eigenvalue weighted by Gasteiger charge is 2.16. The Hall–Kier alpha value is -2.85. The Morgan fingerprint density at radius 1 is 1.12 bits per heavy atom. The lowest BCUT2D eigenvalue weighted by Gasteiger charge is -2.14. The van der Waals surface area contributed by atoms with E-state index in [1.807, 2.05) is 60.7 Å². The van der Waals surface area contributed by atoms with Crippen LogP contribution in [0.5, 0.6) is 5.75 Å². The number of hydrogen-bond donors (Lipinski definition) is 2. The number of aliphatic hydroxyl groups is 1. The molecule has 0 bridgehead atoms. The van der Waals surface area contributed by atoms with Crippen LogP contribution >= 0.6 is 0 Å². The van der Waals surface area contributed by atoms with Crippen molar-refractivity contribution in [3.8, 4) is 5.75 Å². The third kappa shape index (κ3) is 3.41. The molecular weight excluding hydrogens is 326 g/mol. The van der Waals surface area contributed by atoms with Crippen molar-refractivity contribution in [3.05, 3.63) is 77.4 Å². The van der Waals surface area contributed by atoms with Crippen molar-refractivity contribution < 1.29 is 14.6 Å². The molecule has 0 saturated heterocycles. The highest BCUT2D eigenvalue weighted by molar-refractivity contribution is 5.90. The molecular formula is C22H21NO3. The van der Waals surface area contributed by atoms with Crippen molar-refractivity contribution in [2.45, 2.75) is 18.9 Å². The first-order valence-electron chi connectivity index (χ1n) is 8.88. The van der Waals surface area contributed by atoms with Gasteiger partial charge in [-0.3, -0.25) is 4.79 Å². The minimum absolute atomic E-state index is 0.0927. The summed E-state index contributed by atoms with van der Waals surface area (Å²) < 4.78 is 5.48. The van der Waals surface area contributed by atoms with Crippen molar-refractivity contribution in [2.24, 2.45) is 0 Å². The number of nitrogens with one attached hydrogen (secondary N) is 1. The largest absolute Gasteiger partial charge is 0.493 e. The summed E-state index contributed by atoms with van der Waals surface area (Å²) in [6.45, 7) is 0.889. The van der Waals surface area contributed by atoms with Gasteiger partial charge in [-0.1, -0.05) is 48.5 Å². The van der Waals surface area contributed by atoms with E-state index in [0.717, 1.165) is 39.6 Å². The zero-order valence-corrected chi connectivity index (χ0v) is 14.4. The number of amides is 1. The Labute approximate surface area is 152 Å². The molecule has 3 aromatic carbocycles. The third-order valence-corrected chi connectivity index (χ3v) is 4.82. The normalized spacial score (nSPS) is 13.9. The van der Waals surface area contributed by atoms with E-state index in [-0.39, 0.29) is 12.5 Å². The first kappa shape index (κ1) is 16.6. The molecule has 4 heteroatoms. The number of carbonyl (C=O) groups excluding carboxylic acids is 1. The van der Waals surface area contributed by atoms with E-state index >= 15 is 0 Å². The second-order valence-corrected chi connectivity index (χ2v) is 6.60. The number of fused-ring (bicyclic) bond motifs is 2. The van der Waals surface area contributed by atoms with Gasteiger partial charge in [0.25, 0.3) is 0 Å². The summed E-state index contributed by atoms with van der Waals surface area (Å²) >= 11 is 0. The molecule has 0 spiro atoms. The Morgan fingerprint density at radius 2 is 1.96 bits per heavy atom. The van der Waals surface area contributed by atoms with Gasteiger partial charge >= 0.3 is 0 Å². The Kier molecular flexibility index (Phi) is 4.59. The summed E-state index contributed by atoms with van der Waals surface area (Å²) in [5.41, 5.74) is 2.91. The monoisotopic (exact) mass is 347 g/mol. The van der Waals surface area contributed by atoms with Crippen molar-refractivity contribution in [2.75, 3.05) is 13.2 Å². The van der Waals surface area contributed by atoms with Gasteiger partial charge in [-0.2, -0.15) is 0 Å². The van der Waals surface area contributed by atoms with Crippen molar-refractivity contribution in [3.63, 3.8) is 0 Å². The molecule has 2 N–H and O–H groups in total. The highest BCUT2D eigenvalue weighted by atomic mass is 16.5. The maximum absolute atomic E-state index is 12.3. The number of rotatable bonds is 5. The molecule has 4 rings (SSSR count). The van der Waals surface area contributed by atoms with Crippen LogP contribution in [0.15, 0.2) is 60.7 Å². The zero-order chi connectivity index (χ0) is 17.9. The predicted octanol–water partition coefficient (Wildman–Crippen LogP) is 3.17. The van der Waals surface area contributed by atoms with Gasteiger partial charge in [0.15, 0.2) is 0 Å². The molecule has 4 nitrogen and oxygen atoms in total. The van der Waals surface area contributed by atoms with Crippen LogP contribution in [0.1, 0.15) is 22.8 Å². The second kappa shape index (κ2) is 7.18. The van der Waals surface area contributed by atoms with Crippen LogP contribution in [0.2, 0.25) is 0 Å². The lowest BCUT2D eigenvalue weighted by Crippen LogP contribution is -2.29. The van der Waals surface area contributed by atoms with E-state index in [1.165, 1.54) is 0 Å². The number of ether oxygens (including phenoxy) is 1. The molecule has 0 aromatic heterocycles. The molecule has 0 radical (unpaired) electrons. The van der Waals surface area contributed by atoms with Gasteiger partial charge in [-0.05, 0) is 39.6 Å². The van der Waals surface area contributed by atoms with Gasteiger partial charge in [0.05, 0.1) is 19.1 Å². The molecule has 3 aromatic rings. The van der Waals surface area contributed by atoms with E-state index in [9.17, 15) is 9.90 Å². The molecule has 0 saturated carbocycles. The summed E-state index contributed by atoms with van der Waals surface area (Å²) in [4.78, 5) is 12.3. The van der Waals surface area contributed by atoms with Crippen LogP contribution in [0.4, 0.5) is 0 Å². The number of benzene rings is 3. The Morgan fingerprint density at radius 3 is 2.88 bits per heavy atom. The maximum Gasteiger partial charge on any atom is 0.224 e. The quantitative estimate of drug-likeness (QED) is 0.745. The summed E-state index contributed by atoms with van der Waals surface area (Å²) in [7, 11) is 0. The van der Waals surface area contributed by atoms with Gasteiger partial charge in [0.1, 0.15) is 5.75 Å². The minimum Gasteiger partial charge on any atom is -0.493 e. The highest BCUT2D eigenvalue weighted by Crippen LogP contribution is 2.28. The smallest absolute Gasteiger partial charge is 0.224 e. The second-order valence-electron chi connectivity index (χ2n) is 6.60. The molecule has 1 heterocycles. The van der Waals surface area contributed by atoms with Gasteiger partial charge in [-0.25, -0.2) is 0 Å². The van der Waals surface area contributed by atoms with Crippen molar-refractivity contribution in [1.82, 2.24) is 5.32 Å². The van der Waals surface area contributed by atoms with Gasteiger partial charge in [0.2, 0.25) is 5.91 Å². The lowest BCUT2D eigenvalue weighted by atomic mass is 10.0. The standard InChI is InChI=1S/C22H21NO3/c24-20(17-8-9-21-18(12-17)10-11-26-21)14-23-22(25)13-16-6-3-5-15-4-1-2-7-19(15)16/h1-9,12,20,24H,10-11,13-14H2,(H,23,25)/t20-/m0/s1. The molecule has 0 aliphatic carbocycles. The van der Waals surface area contributed by atoms with E-state index in [1.54, 1.807) is 0 Å². The zero-order valence-electron chi connectivity index (χ0n) is 14.4. The summed E-state index contributed by atoms with van der Waals surface area (Å²) in [6.07, 6.45) is 0.437. The molecule has 132 valence electrons. The fourth-order valence-electron chi connectivity index (χ4n) is 3.42. The Bertz CT molecular complexity index is 946. The van der Waals surface area contributed by atoms with E-state index < -0.39 is 6.10 Å². The minimum atomic E-state index is -0.725. The number of carbonyl (C=O) groups is 1. The lowest BCUT2D eigenvalue weighted by molar-refractivity contribution is -0.120.